The molecule has 0 amide bonds. The zero-order valence-electron chi connectivity index (χ0n) is 5.69. The van der Waals surface area contributed by atoms with Gasteiger partial charge in [0.2, 0.25) is 0 Å². The molecular formula is C6H9NO2S. The largest absolute Gasteiger partial charge is 0.371 e. The van der Waals surface area contributed by atoms with Crippen molar-refractivity contribution in [1.82, 2.24) is 0 Å². The van der Waals surface area contributed by atoms with Crippen molar-refractivity contribution >= 4 is 11.8 Å². The zero-order valence-corrected chi connectivity index (χ0v) is 6.50. The highest BCUT2D eigenvalue weighted by Gasteiger charge is 2.49. The molecule has 0 N–H and O–H groups in total. The van der Waals surface area contributed by atoms with E-state index in [4.69, 9.17) is 4.74 Å². The molecule has 2 aliphatic rings. The summed E-state index contributed by atoms with van der Waals surface area (Å²) >= 11 is 1.81. The van der Waals surface area contributed by atoms with Gasteiger partial charge in [-0.25, -0.2) is 0 Å². The highest BCUT2D eigenvalue weighted by molar-refractivity contribution is 8.00. The van der Waals surface area contributed by atoms with Gasteiger partial charge in [0, 0.05) is 5.75 Å². The van der Waals surface area contributed by atoms with Gasteiger partial charge in [-0.2, -0.15) is 16.7 Å². The number of hydrogen-bond donors (Lipinski definition) is 0. The summed E-state index contributed by atoms with van der Waals surface area (Å²) in [5.74, 6) is 0.950. The summed E-state index contributed by atoms with van der Waals surface area (Å²) in [4.78, 5) is 10.3. The first kappa shape index (κ1) is 6.61. The fraction of sp³-hybridized carbons (Fsp3) is 1.00. The van der Waals surface area contributed by atoms with Gasteiger partial charge in [-0.3, -0.25) is 0 Å². The van der Waals surface area contributed by atoms with Crippen LogP contribution in [0.4, 0.5) is 0 Å². The molecule has 0 aliphatic carbocycles. The van der Waals surface area contributed by atoms with E-state index < -0.39 is 0 Å². The van der Waals surface area contributed by atoms with Gasteiger partial charge >= 0.3 is 0 Å². The lowest BCUT2D eigenvalue weighted by Gasteiger charge is -2.15. The monoisotopic (exact) mass is 159 g/mol. The van der Waals surface area contributed by atoms with Gasteiger partial charge in [-0.1, -0.05) is 5.18 Å². The first-order chi connectivity index (χ1) is 4.83. The van der Waals surface area contributed by atoms with Crippen LogP contribution in [-0.4, -0.2) is 29.3 Å². The highest BCUT2D eigenvalue weighted by Crippen LogP contribution is 2.41. The van der Waals surface area contributed by atoms with Crippen LogP contribution in [0.2, 0.25) is 0 Å². The van der Waals surface area contributed by atoms with E-state index in [9.17, 15) is 4.91 Å². The van der Waals surface area contributed by atoms with Gasteiger partial charge in [0.25, 0.3) is 0 Å². The first-order valence-electron chi connectivity index (χ1n) is 3.42. The van der Waals surface area contributed by atoms with Crippen LogP contribution in [0, 0.1) is 4.91 Å². The summed E-state index contributed by atoms with van der Waals surface area (Å²) in [5.41, 5.74) is 0. The Morgan fingerprint density at radius 3 is 2.80 bits per heavy atom. The molecule has 56 valence electrons. The minimum Gasteiger partial charge on any atom is -0.371 e. The molecular weight excluding hydrogens is 150 g/mol. The molecule has 10 heavy (non-hydrogen) atoms. The average molecular weight is 159 g/mol. The molecule has 2 heterocycles. The third kappa shape index (κ3) is 0.720. The molecule has 0 saturated carbocycles. The molecule has 0 aromatic heterocycles. The fourth-order valence-corrected chi connectivity index (χ4v) is 3.07. The van der Waals surface area contributed by atoms with Gasteiger partial charge in [0.15, 0.2) is 0 Å². The van der Waals surface area contributed by atoms with E-state index in [1.165, 1.54) is 0 Å². The van der Waals surface area contributed by atoms with Crippen molar-refractivity contribution in [2.45, 2.75) is 30.4 Å². The number of fused-ring (bicyclic) bond motifs is 2. The Bertz CT molecular complexity index is 164. The number of rotatable bonds is 1. The van der Waals surface area contributed by atoms with E-state index in [1.54, 1.807) is 0 Å². The molecule has 2 bridgehead atoms. The Morgan fingerprint density at radius 2 is 2.50 bits per heavy atom. The quantitative estimate of drug-likeness (QED) is 0.536. The van der Waals surface area contributed by atoms with Gasteiger partial charge in [-0.05, 0) is 6.92 Å². The summed E-state index contributed by atoms with van der Waals surface area (Å²) < 4.78 is 5.45. The normalized spacial score (nSPS) is 51.7. The lowest BCUT2D eigenvalue weighted by atomic mass is 10.1. The number of nitroso groups, excluding NO2 is 1. The second kappa shape index (κ2) is 2.20. The molecule has 2 rings (SSSR count). The maximum absolute atomic E-state index is 10.3. The molecule has 2 saturated heterocycles. The van der Waals surface area contributed by atoms with Crippen LogP contribution in [0.15, 0.2) is 5.18 Å². The molecule has 4 unspecified atom stereocenters. The average Bonchev–Trinajstić information content (AvgIpc) is 2.42. The fourth-order valence-electron chi connectivity index (χ4n) is 1.63. The standard InChI is InChI=1S/C6H9NO2S/c1-3-6-5(7-8)4(9-3)2-10-6/h3-6H,2H2,1H3. The molecule has 0 spiro atoms. The predicted molar refractivity (Wildman–Crippen MR) is 40.2 cm³/mol. The summed E-state index contributed by atoms with van der Waals surface area (Å²) in [6.45, 7) is 2.01. The van der Waals surface area contributed by atoms with Gasteiger partial charge in [0.1, 0.15) is 6.04 Å². The Hall–Kier alpha value is -0.0900. The van der Waals surface area contributed by atoms with Crippen molar-refractivity contribution in [1.29, 1.82) is 0 Å². The number of thioether (sulfide) groups is 1. The summed E-state index contributed by atoms with van der Waals surface area (Å²) in [6, 6.07) is -0.0694. The van der Waals surface area contributed by atoms with Crippen LogP contribution in [0.3, 0.4) is 0 Å². The number of ether oxygens (including phenoxy) is 1. The van der Waals surface area contributed by atoms with Gasteiger partial charge < -0.3 is 4.74 Å². The Balaban J connectivity index is 2.18. The Labute approximate surface area is 63.5 Å². The number of nitrogens with zero attached hydrogens (tertiary/aromatic N) is 1. The van der Waals surface area contributed by atoms with Crippen molar-refractivity contribution in [2.24, 2.45) is 5.18 Å². The maximum Gasteiger partial charge on any atom is 0.133 e. The molecule has 0 aromatic carbocycles. The second-order valence-electron chi connectivity index (χ2n) is 2.77. The van der Waals surface area contributed by atoms with Gasteiger partial charge in [-0.15, -0.1) is 0 Å². The lowest BCUT2D eigenvalue weighted by Crippen LogP contribution is -2.20. The molecule has 0 aromatic rings. The van der Waals surface area contributed by atoms with E-state index >= 15 is 0 Å². The molecule has 3 nitrogen and oxygen atoms in total. The number of hydrogen-bond acceptors (Lipinski definition) is 4. The topological polar surface area (TPSA) is 38.7 Å². The SMILES string of the molecule is CC1OC2CSC1C2N=O. The van der Waals surface area contributed by atoms with Crippen molar-refractivity contribution in [3.63, 3.8) is 0 Å². The zero-order chi connectivity index (χ0) is 7.14. The van der Waals surface area contributed by atoms with E-state index in [0.29, 0.717) is 5.25 Å². The van der Waals surface area contributed by atoms with Crippen molar-refractivity contribution in [2.75, 3.05) is 5.75 Å². The van der Waals surface area contributed by atoms with Crippen molar-refractivity contribution in [3.05, 3.63) is 4.91 Å². The minimum absolute atomic E-state index is 0.0694. The van der Waals surface area contributed by atoms with Crippen LogP contribution < -0.4 is 0 Å². The van der Waals surface area contributed by atoms with Crippen LogP contribution in [-0.2, 0) is 4.74 Å². The van der Waals surface area contributed by atoms with E-state index in [2.05, 4.69) is 5.18 Å². The van der Waals surface area contributed by atoms with Crippen molar-refractivity contribution in [3.8, 4) is 0 Å². The van der Waals surface area contributed by atoms with Crippen LogP contribution in [0.1, 0.15) is 6.92 Å². The molecule has 4 heteroatoms. The second-order valence-corrected chi connectivity index (χ2v) is 3.98. The third-order valence-corrected chi connectivity index (χ3v) is 3.71. The minimum atomic E-state index is -0.0694. The first-order valence-corrected chi connectivity index (χ1v) is 4.47. The smallest absolute Gasteiger partial charge is 0.133 e. The van der Waals surface area contributed by atoms with Gasteiger partial charge in [0.05, 0.1) is 17.5 Å². The molecule has 2 aliphatic heterocycles. The molecule has 0 radical (unpaired) electrons. The molecule has 4 atom stereocenters. The maximum atomic E-state index is 10.3. The Morgan fingerprint density at radius 1 is 1.70 bits per heavy atom. The predicted octanol–water partition coefficient (Wildman–Crippen LogP) is 1.02. The van der Waals surface area contributed by atoms with E-state index in [-0.39, 0.29) is 18.2 Å². The summed E-state index contributed by atoms with van der Waals surface area (Å²) in [6.07, 6.45) is 0.342. The summed E-state index contributed by atoms with van der Waals surface area (Å²) in [7, 11) is 0. The molecule has 2 fully saturated rings. The third-order valence-electron chi connectivity index (χ3n) is 2.14. The highest BCUT2D eigenvalue weighted by atomic mass is 32.2. The van der Waals surface area contributed by atoms with Crippen LogP contribution >= 0.6 is 11.8 Å². The van der Waals surface area contributed by atoms with Crippen LogP contribution in [0.25, 0.3) is 0 Å². The summed E-state index contributed by atoms with van der Waals surface area (Å²) in [5, 5.41) is 3.40. The van der Waals surface area contributed by atoms with Crippen molar-refractivity contribution < 1.29 is 4.74 Å². The van der Waals surface area contributed by atoms with E-state index in [0.717, 1.165) is 5.75 Å². The van der Waals surface area contributed by atoms with Crippen LogP contribution in [0.5, 0.6) is 0 Å². The van der Waals surface area contributed by atoms with E-state index in [1.807, 2.05) is 18.7 Å². The Kier molecular flexibility index (Phi) is 1.46. The lowest BCUT2D eigenvalue weighted by molar-refractivity contribution is 0.0633.